The summed E-state index contributed by atoms with van der Waals surface area (Å²) in [4.78, 5) is 9.12. The van der Waals surface area contributed by atoms with Gasteiger partial charge >= 0.3 is 0 Å². The molecule has 1 heterocycles. The maximum atomic E-state index is 4.65. The molecule has 0 amide bonds. The highest BCUT2D eigenvalue weighted by Crippen LogP contribution is 2.21. The molecule has 1 aromatic heterocycles. The quantitative estimate of drug-likeness (QED) is 0.885. The average molecular weight is 255 g/mol. The Morgan fingerprint density at radius 1 is 1.05 bits per heavy atom. The molecule has 0 aliphatic carbocycles. The molecule has 19 heavy (non-hydrogen) atoms. The van der Waals surface area contributed by atoms with Gasteiger partial charge in [-0.2, -0.15) is 0 Å². The molecule has 0 bridgehead atoms. The van der Waals surface area contributed by atoms with Crippen molar-refractivity contribution >= 4 is 5.82 Å². The van der Waals surface area contributed by atoms with Gasteiger partial charge in [0, 0.05) is 25.1 Å². The maximum absolute atomic E-state index is 4.65. The fourth-order valence-electron chi connectivity index (χ4n) is 2.02. The first-order chi connectivity index (χ1) is 9.26. The molecule has 2 aromatic rings. The molecular weight excluding hydrogens is 234 g/mol. The number of rotatable bonds is 5. The van der Waals surface area contributed by atoms with E-state index >= 15 is 0 Å². The van der Waals surface area contributed by atoms with Gasteiger partial charge in [0.25, 0.3) is 0 Å². The third-order valence-corrected chi connectivity index (χ3v) is 3.16. The maximum Gasteiger partial charge on any atom is 0.131 e. The van der Waals surface area contributed by atoms with E-state index in [4.69, 9.17) is 0 Å². The summed E-state index contributed by atoms with van der Waals surface area (Å²) in [7, 11) is 1.89. The molecule has 2 rings (SSSR count). The highest BCUT2D eigenvalue weighted by atomic mass is 15.0. The molecule has 0 unspecified atom stereocenters. The van der Waals surface area contributed by atoms with E-state index in [0.717, 1.165) is 42.2 Å². The van der Waals surface area contributed by atoms with Crippen molar-refractivity contribution in [2.24, 2.45) is 0 Å². The Morgan fingerprint density at radius 3 is 2.37 bits per heavy atom. The number of benzene rings is 1. The Hall–Kier alpha value is -1.90. The Balaban J connectivity index is 2.38. The summed E-state index contributed by atoms with van der Waals surface area (Å²) in [6, 6.07) is 10.6. The number of anilines is 1. The van der Waals surface area contributed by atoms with Gasteiger partial charge < -0.3 is 5.32 Å². The summed E-state index contributed by atoms with van der Waals surface area (Å²) in [6.45, 7) is 4.31. The van der Waals surface area contributed by atoms with E-state index in [9.17, 15) is 0 Å². The Kier molecular flexibility index (Phi) is 4.50. The van der Waals surface area contributed by atoms with Crippen molar-refractivity contribution in [1.82, 2.24) is 9.97 Å². The number of nitrogens with one attached hydrogen (secondary N) is 1. The molecular formula is C16H21N3. The minimum atomic E-state index is 0.882. The van der Waals surface area contributed by atoms with Crippen LogP contribution in [0.15, 0.2) is 30.3 Å². The van der Waals surface area contributed by atoms with Crippen molar-refractivity contribution in [2.75, 3.05) is 12.4 Å². The van der Waals surface area contributed by atoms with Crippen LogP contribution in [-0.4, -0.2) is 17.0 Å². The van der Waals surface area contributed by atoms with E-state index in [1.807, 2.05) is 13.1 Å². The summed E-state index contributed by atoms with van der Waals surface area (Å²) in [6.07, 6.45) is 3.03. The van der Waals surface area contributed by atoms with Gasteiger partial charge in [0.05, 0.1) is 5.69 Å². The first-order valence-corrected chi connectivity index (χ1v) is 6.91. The van der Waals surface area contributed by atoms with Crippen LogP contribution in [0.5, 0.6) is 0 Å². The van der Waals surface area contributed by atoms with Crippen LogP contribution in [0.2, 0.25) is 0 Å². The predicted octanol–water partition coefficient (Wildman–Crippen LogP) is 3.70. The monoisotopic (exact) mass is 255 g/mol. The summed E-state index contributed by atoms with van der Waals surface area (Å²) in [5.74, 6) is 1.79. The van der Waals surface area contributed by atoms with Crippen LogP contribution in [-0.2, 0) is 12.8 Å². The highest BCUT2D eigenvalue weighted by Gasteiger charge is 2.05. The van der Waals surface area contributed by atoms with Gasteiger partial charge in [0.15, 0.2) is 0 Å². The summed E-state index contributed by atoms with van der Waals surface area (Å²) < 4.78 is 0. The van der Waals surface area contributed by atoms with Crippen molar-refractivity contribution < 1.29 is 0 Å². The molecule has 1 N–H and O–H groups in total. The smallest absolute Gasteiger partial charge is 0.131 e. The van der Waals surface area contributed by atoms with Gasteiger partial charge in [-0.25, -0.2) is 9.97 Å². The van der Waals surface area contributed by atoms with E-state index < -0.39 is 0 Å². The van der Waals surface area contributed by atoms with Gasteiger partial charge in [0.1, 0.15) is 11.6 Å². The van der Waals surface area contributed by atoms with Crippen LogP contribution < -0.4 is 5.32 Å². The predicted molar refractivity (Wildman–Crippen MR) is 80.4 cm³/mol. The van der Waals surface area contributed by atoms with Crippen LogP contribution in [0.25, 0.3) is 11.3 Å². The van der Waals surface area contributed by atoms with Crippen LogP contribution in [0.3, 0.4) is 0 Å². The lowest BCUT2D eigenvalue weighted by molar-refractivity contribution is 0.838. The molecule has 0 saturated heterocycles. The lowest BCUT2D eigenvalue weighted by Gasteiger charge is -2.08. The van der Waals surface area contributed by atoms with E-state index in [-0.39, 0.29) is 0 Å². The lowest BCUT2D eigenvalue weighted by atomic mass is 10.1. The molecule has 1 aromatic carbocycles. The minimum Gasteiger partial charge on any atom is -0.373 e. The Bertz CT molecular complexity index is 532. The normalized spacial score (nSPS) is 10.5. The summed E-state index contributed by atoms with van der Waals surface area (Å²) in [5, 5.41) is 3.11. The van der Waals surface area contributed by atoms with E-state index in [2.05, 4.69) is 53.4 Å². The Morgan fingerprint density at radius 2 is 1.79 bits per heavy atom. The number of nitrogens with zero attached hydrogens (tertiary/aromatic N) is 2. The number of aryl methyl sites for hydroxylation is 2. The Labute approximate surface area is 115 Å². The molecule has 0 aliphatic heterocycles. The minimum absolute atomic E-state index is 0.882. The van der Waals surface area contributed by atoms with Gasteiger partial charge in [0.2, 0.25) is 0 Å². The third kappa shape index (κ3) is 3.31. The zero-order valence-electron chi connectivity index (χ0n) is 11.9. The molecule has 0 saturated carbocycles. The van der Waals surface area contributed by atoms with Gasteiger partial charge in [-0.15, -0.1) is 0 Å². The first-order valence-electron chi connectivity index (χ1n) is 6.91. The van der Waals surface area contributed by atoms with Crippen molar-refractivity contribution in [2.45, 2.75) is 33.1 Å². The highest BCUT2D eigenvalue weighted by molar-refractivity contribution is 5.62. The molecule has 0 fully saturated rings. The molecule has 0 spiro atoms. The number of hydrogen-bond donors (Lipinski definition) is 1. The van der Waals surface area contributed by atoms with Gasteiger partial charge in [-0.3, -0.25) is 0 Å². The van der Waals surface area contributed by atoms with Crippen LogP contribution >= 0.6 is 0 Å². The summed E-state index contributed by atoms with van der Waals surface area (Å²) >= 11 is 0. The number of hydrogen-bond acceptors (Lipinski definition) is 3. The topological polar surface area (TPSA) is 37.8 Å². The zero-order chi connectivity index (χ0) is 13.7. The lowest BCUT2D eigenvalue weighted by Crippen LogP contribution is -2.01. The zero-order valence-corrected chi connectivity index (χ0v) is 11.9. The largest absolute Gasteiger partial charge is 0.373 e. The molecule has 0 atom stereocenters. The average Bonchev–Trinajstić information content (AvgIpc) is 2.47. The molecule has 0 radical (unpaired) electrons. The SMILES string of the molecule is CCCc1nc(NC)cc(-c2ccc(CC)cc2)n1. The molecule has 0 aliphatic rings. The van der Waals surface area contributed by atoms with Crippen LogP contribution in [0.4, 0.5) is 5.82 Å². The van der Waals surface area contributed by atoms with Crippen LogP contribution in [0.1, 0.15) is 31.7 Å². The van der Waals surface area contributed by atoms with E-state index in [1.54, 1.807) is 0 Å². The second-order valence-electron chi connectivity index (χ2n) is 4.61. The fraction of sp³-hybridized carbons (Fsp3) is 0.375. The molecule has 3 heteroatoms. The van der Waals surface area contributed by atoms with Gasteiger partial charge in [-0.1, -0.05) is 38.1 Å². The van der Waals surface area contributed by atoms with Crippen molar-refractivity contribution in [1.29, 1.82) is 0 Å². The van der Waals surface area contributed by atoms with Crippen molar-refractivity contribution in [3.63, 3.8) is 0 Å². The van der Waals surface area contributed by atoms with Crippen LogP contribution in [0, 0.1) is 0 Å². The summed E-state index contributed by atoms with van der Waals surface area (Å²) in [5.41, 5.74) is 3.49. The molecule has 3 nitrogen and oxygen atoms in total. The van der Waals surface area contributed by atoms with Crippen molar-refractivity contribution in [3.05, 3.63) is 41.7 Å². The fourth-order valence-corrected chi connectivity index (χ4v) is 2.02. The second kappa shape index (κ2) is 6.32. The van der Waals surface area contributed by atoms with E-state index in [1.165, 1.54) is 5.56 Å². The second-order valence-corrected chi connectivity index (χ2v) is 4.61. The third-order valence-electron chi connectivity index (χ3n) is 3.16. The van der Waals surface area contributed by atoms with E-state index in [0.29, 0.717) is 0 Å². The first kappa shape index (κ1) is 13.5. The number of aromatic nitrogens is 2. The standard InChI is InChI=1S/C16H21N3/c1-4-6-15-18-14(11-16(17-3)19-15)13-9-7-12(5-2)8-10-13/h7-11H,4-6H2,1-3H3,(H,17,18,19). The van der Waals surface area contributed by atoms with Crippen molar-refractivity contribution in [3.8, 4) is 11.3 Å². The van der Waals surface area contributed by atoms with Gasteiger partial charge in [-0.05, 0) is 18.4 Å². The molecule has 100 valence electrons.